The molecule has 2 aromatic rings. The van der Waals surface area contributed by atoms with Crippen LogP contribution in [0.25, 0.3) is 0 Å². The second-order valence-corrected chi connectivity index (χ2v) is 11.0. The first-order valence-electron chi connectivity index (χ1n) is 14.8. The maximum Gasteiger partial charge on any atom is 0.330 e. The Bertz CT molecular complexity index is 1510. The number of aromatic amines is 1. The van der Waals surface area contributed by atoms with Gasteiger partial charge in [-0.05, 0) is 37.0 Å². The molecule has 1 fully saturated rings. The van der Waals surface area contributed by atoms with E-state index in [1.54, 1.807) is 12.1 Å². The number of aliphatic hydroxyl groups is 3. The van der Waals surface area contributed by atoms with E-state index >= 15 is 0 Å². The van der Waals surface area contributed by atoms with E-state index in [0.717, 1.165) is 35.2 Å². The molecule has 0 saturated carbocycles. The maximum absolute atomic E-state index is 11.4. The zero-order chi connectivity index (χ0) is 36.7. The van der Waals surface area contributed by atoms with Gasteiger partial charge in [-0.25, -0.2) is 4.79 Å². The molecule has 4 atom stereocenters. The van der Waals surface area contributed by atoms with E-state index in [4.69, 9.17) is 36.7 Å². The molecular weight excluding hydrogens is 654 g/mol. The molecule has 1 aliphatic heterocycles. The topological polar surface area (TPSA) is 293 Å². The quantitative estimate of drug-likeness (QED) is 0.0592. The third-order valence-electron chi connectivity index (χ3n) is 6.88. The molecule has 1 aliphatic rings. The summed E-state index contributed by atoms with van der Waals surface area (Å²) in [6.07, 6.45) is 4.48. The van der Waals surface area contributed by atoms with Gasteiger partial charge in [0.05, 0.1) is 44.2 Å². The van der Waals surface area contributed by atoms with Crippen molar-refractivity contribution >= 4 is 23.9 Å². The highest BCUT2D eigenvalue weighted by atomic mass is 16.6. The Balaban J connectivity index is 0.000000407. The van der Waals surface area contributed by atoms with Crippen molar-refractivity contribution in [2.45, 2.75) is 63.3 Å². The molecule has 19 nitrogen and oxygen atoms in total. The fraction of sp³-hybridized carbons (Fsp3) is 0.500. The number of aliphatic carboxylic acids is 4. The van der Waals surface area contributed by atoms with Crippen molar-refractivity contribution in [1.29, 1.82) is 0 Å². The summed E-state index contributed by atoms with van der Waals surface area (Å²) in [6.45, 7) is -2.59. The normalized spacial score (nSPS) is 18.4. The lowest BCUT2D eigenvalue weighted by molar-refractivity contribution is -0.144. The van der Waals surface area contributed by atoms with Crippen LogP contribution >= 0.6 is 0 Å². The van der Waals surface area contributed by atoms with Gasteiger partial charge in [-0.15, -0.1) is 12.3 Å². The molecule has 0 bridgehead atoms. The number of rotatable bonds is 18. The van der Waals surface area contributed by atoms with E-state index in [1.165, 1.54) is 9.80 Å². The molecule has 0 aromatic carbocycles. The monoisotopic (exact) mass is 693 g/mol. The number of hydrogen-bond donors (Lipinski definition) is 8. The van der Waals surface area contributed by atoms with Crippen LogP contribution in [0.3, 0.4) is 0 Å². The van der Waals surface area contributed by atoms with Crippen LogP contribution in [0.4, 0.5) is 0 Å². The second-order valence-electron chi connectivity index (χ2n) is 11.0. The van der Waals surface area contributed by atoms with Gasteiger partial charge in [-0.2, -0.15) is 0 Å². The van der Waals surface area contributed by atoms with E-state index < -0.39 is 92.5 Å². The molecule has 19 heteroatoms. The molecule has 1 saturated heterocycles. The van der Waals surface area contributed by atoms with Crippen LogP contribution in [0.2, 0.25) is 0 Å². The van der Waals surface area contributed by atoms with Crippen molar-refractivity contribution in [3.8, 4) is 12.3 Å². The molecule has 3 heterocycles. The van der Waals surface area contributed by atoms with Crippen molar-refractivity contribution in [1.82, 2.24) is 24.3 Å². The fourth-order valence-corrected chi connectivity index (χ4v) is 4.88. The summed E-state index contributed by atoms with van der Waals surface area (Å²) in [5, 5.41) is 64.3. The Morgan fingerprint density at radius 1 is 0.878 bits per heavy atom. The minimum Gasteiger partial charge on any atom is -0.480 e. The molecule has 0 amide bonds. The Labute approximate surface area is 278 Å². The molecular formula is C30H39N5O14. The highest BCUT2D eigenvalue weighted by Crippen LogP contribution is 2.27. The number of hydrogen-bond acceptors (Lipinski definition) is 13. The summed E-state index contributed by atoms with van der Waals surface area (Å²) in [5.41, 5.74) is 0.314. The summed E-state index contributed by atoms with van der Waals surface area (Å²) in [6, 6.07) is 4.56. The molecule has 8 N–H and O–H groups in total. The van der Waals surface area contributed by atoms with Crippen molar-refractivity contribution in [3.63, 3.8) is 0 Å². The number of nitrogens with zero attached hydrogens (tertiary/aromatic N) is 4. The zero-order valence-corrected chi connectivity index (χ0v) is 26.3. The van der Waals surface area contributed by atoms with Crippen molar-refractivity contribution in [2.24, 2.45) is 0 Å². The Hall–Kier alpha value is -4.97. The predicted octanol–water partition coefficient (Wildman–Crippen LogP) is -2.48. The van der Waals surface area contributed by atoms with Crippen LogP contribution in [-0.4, -0.2) is 135 Å². The molecule has 0 spiro atoms. The number of nitrogens with one attached hydrogen (secondary N) is 1. The van der Waals surface area contributed by atoms with Crippen LogP contribution in [-0.2, 0) is 43.4 Å². The number of terminal acetylenes is 1. The summed E-state index contributed by atoms with van der Waals surface area (Å²) in [4.78, 5) is 75.4. The summed E-state index contributed by atoms with van der Waals surface area (Å²) in [7, 11) is 0. The number of carbonyl (C=O) groups is 4. The van der Waals surface area contributed by atoms with Crippen molar-refractivity contribution in [2.75, 3.05) is 32.8 Å². The van der Waals surface area contributed by atoms with Crippen molar-refractivity contribution in [3.05, 3.63) is 62.2 Å². The number of unbranched alkanes of at least 4 members (excludes halogenated alkanes) is 2. The molecule has 268 valence electrons. The Kier molecular flexibility index (Phi) is 16.2. The van der Waals surface area contributed by atoms with E-state index in [-0.39, 0.29) is 13.1 Å². The van der Waals surface area contributed by atoms with Crippen LogP contribution in [0.1, 0.15) is 42.4 Å². The third kappa shape index (κ3) is 14.0. The molecule has 2 aromatic heterocycles. The van der Waals surface area contributed by atoms with Gasteiger partial charge in [0.15, 0.2) is 6.23 Å². The Morgan fingerprint density at radius 3 is 1.80 bits per heavy atom. The number of aliphatic hydroxyl groups excluding tert-OH is 3. The standard InChI is InChI=1S/C21H27N3O8.C9H12N2O6/c1-2-3-4-5-6-15-7-16(9-23(11-18(25)26)12-19(27)28)22-17(8-15)10-24(13-20(29)30)14-21(31)32;12-3-4-6(14)7(15)8(17-4)11-2-1-5(13)10-9(11)16/h1,7-8H,3-6,9-14H2,(H,25,26)(H,27,28)(H,29,30)(H,31,32);1-2,4,6-8,12,14-15H,3H2,(H,10,13,16)/t;4-,6-,7-,8-/m.1/s1. The number of carboxylic acids is 4. The van der Waals surface area contributed by atoms with Gasteiger partial charge in [-0.3, -0.25) is 48.3 Å². The number of aromatic nitrogens is 3. The van der Waals surface area contributed by atoms with Crippen molar-refractivity contribution < 1.29 is 59.7 Å². The Morgan fingerprint density at radius 2 is 1.39 bits per heavy atom. The maximum atomic E-state index is 11.4. The molecule has 3 rings (SSSR count). The SMILES string of the molecule is C#CCCCCc1cc(CN(CC(=O)O)CC(=O)O)nc(CN(CC(=O)O)CC(=O)O)c1.O=c1ccn([C@@H]2O[C@H](CO)[C@@H](O)[C@H]2O)c(=O)[nH]1. The lowest BCUT2D eigenvalue weighted by Crippen LogP contribution is -2.37. The first kappa shape index (κ1) is 40.2. The minimum absolute atomic E-state index is 0.0539. The number of pyridine rings is 1. The first-order chi connectivity index (χ1) is 23.1. The highest BCUT2D eigenvalue weighted by Gasteiger charge is 2.43. The number of ether oxygens (including phenoxy) is 1. The summed E-state index contributed by atoms with van der Waals surface area (Å²) in [5.74, 6) is -2.20. The average molecular weight is 694 g/mol. The predicted molar refractivity (Wildman–Crippen MR) is 166 cm³/mol. The lowest BCUT2D eigenvalue weighted by atomic mass is 10.1. The van der Waals surface area contributed by atoms with Crippen LogP contribution in [0, 0.1) is 12.3 Å². The third-order valence-corrected chi connectivity index (χ3v) is 6.88. The van der Waals surface area contributed by atoms with Gasteiger partial charge in [0, 0.05) is 31.8 Å². The highest BCUT2D eigenvalue weighted by molar-refractivity contribution is 5.73. The molecule has 0 aliphatic carbocycles. The molecule has 0 unspecified atom stereocenters. The summed E-state index contributed by atoms with van der Waals surface area (Å²) < 4.78 is 6.08. The van der Waals surface area contributed by atoms with E-state index in [0.29, 0.717) is 24.2 Å². The molecule has 0 radical (unpaired) electrons. The summed E-state index contributed by atoms with van der Waals surface area (Å²) >= 11 is 0. The lowest BCUT2D eigenvalue weighted by Gasteiger charge is -2.21. The first-order valence-corrected chi connectivity index (χ1v) is 14.8. The van der Waals surface area contributed by atoms with Crippen LogP contribution < -0.4 is 11.2 Å². The van der Waals surface area contributed by atoms with E-state index in [9.17, 15) is 39.0 Å². The largest absolute Gasteiger partial charge is 0.480 e. The average Bonchev–Trinajstić information content (AvgIpc) is 3.27. The number of H-pyrrole nitrogens is 1. The van der Waals surface area contributed by atoms with Gasteiger partial charge < -0.3 is 40.5 Å². The van der Waals surface area contributed by atoms with Gasteiger partial charge in [0.1, 0.15) is 18.3 Å². The van der Waals surface area contributed by atoms with Gasteiger partial charge in [0.25, 0.3) is 5.56 Å². The fourth-order valence-electron chi connectivity index (χ4n) is 4.88. The van der Waals surface area contributed by atoms with E-state index in [2.05, 4.69) is 10.9 Å². The van der Waals surface area contributed by atoms with Crippen LogP contribution in [0.15, 0.2) is 34.0 Å². The van der Waals surface area contributed by atoms with Gasteiger partial charge >= 0.3 is 29.6 Å². The van der Waals surface area contributed by atoms with E-state index in [1.807, 2.05) is 4.98 Å². The number of carboxylic acid groups (broad SMARTS) is 4. The number of aryl methyl sites for hydroxylation is 1. The van der Waals surface area contributed by atoms with Gasteiger partial charge in [0.2, 0.25) is 0 Å². The molecule has 49 heavy (non-hydrogen) atoms. The minimum atomic E-state index is -1.35. The zero-order valence-electron chi connectivity index (χ0n) is 26.3. The smallest absolute Gasteiger partial charge is 0.330 e. The second kappa shape index (κ2) is 19.8. The van der Waals surface area contributed by atoms with Crippen LogP contribution in [0.5, 0.6) is 0 Å². The van der Waals surface area contributed by atoms with Gasteiger partial charge in [-0.1, -0.05) is 0 Å².